The van der Waals surface area contributed by atoms with Crippen LogP contribution >= 0.6 is 0 Å². The molecule has 4 aromatic carbocycles. The third kappa shape index (κ3) is 40.7. The standard InChI is InChI=1S/C93H141N17O18/c1-7-8-9-10-11-12-13-14-15-16-17-18-25-40-78(114)98-56-79(115)102-77(58-111)91(126)105-72(45-46-81(117)118)87(122)104-70(38-28-30-47-94)85(120)103-71(39-29-31-48-95)86(121)107-75(52-64-41-43-67(113)44-42-64)89(124)106-73(49-59(2)3)88(123)108-76(53-65-55-97-69-37-27-26-36-68(65)69)84(119)99-57-80(116)101-74(51-63-34-23-20-24-35-63)90(125)110-83(61(6)112)93(128)109-82(60(4)5)92(127)100-66(54-96)50-62-32-21-19-22-33-62/h19-24,26-27,32-37,41-44,55,59-61,66,70-77,82-83,97,111-113H,7-18,25,28-31,38-40,45-54,56-58,94-96H2,1-6H3,(H,98,114)(H,99,119)(H,100,127)(H,101,116)(H,102,115)(H,103,120)(H,104,122)(H,105,126)(H,106,124)(H,107,121)(H,108,123)(H,109,128)(H,110,125)(H,117,118). The number of amides is 13. The van der Waals surface area contributed by atoms with Crippen molar-refractivity contribution in [2.45, 2.75) is 287 Å². The van der Waals surface area contributed by atoms with Crippen LogP contribution in [0.15, 0.2) is 115 Å². The summed E-state index contributed by atoms with van der Waals surface area (Å²) in [5, 5.41) is 76.3. The summed E-state index contributed by atoms with van der Waals surface area (Å²) in [6.07, 6.45) is 14.3. The van der Waals surface area contributed by atoms with Gasteiger partial charge in [0.05, 0.1) is 25.8 Å². The summed E-state index contributed by atoms with van der Waals surface area (Å²) in [6, 6.07) is 15.1. The molecular formula is C93H141N17O18. The number of phenolic OH excluding ortho intramolecular Hbond substituents is 1. The van der Waals surface area contributed by atoms with Gasteiger partial charge in [0, 0.05) is 61.8 Å². The van der Waals surface area contributed by atoms with E-state index in [9.17, 15) is 78.0 Å². The normalized spacial score (nSPS) is 14.1. The predicted molar refractivity (Wildman–Crippen MR) is 486 cm³/mol. The molecule has 0 radical (unpaired) electrons. The predicted octanol–water partition coefficient (Wildman–Crippen LogP) is 3.35. The average Bonchev–Trinajstić information content (AvgIpc) is 1.65. The molecule has 5 rings (SSSR count). The number of carbonyl (C=O) groups is 14. The van der Waals surface area contributed by atoms with Crippen molar-refractivity contribution in [2.75, 3.05) is 39.3 Å². The van der Waals surface area contributed by atoms with Gasteiger partial charge >= 0.3 is 5.97 Å². The number of nitrogens with one attached hydrogen (secondary N) is 14. The van der Waals surface area contributed by atoms with Gasteiger partial charge in [0.15, 0.2) is 0 Å². The van der Waals surface area contributed by atoms with Crippen molar-refractivity contribution in [3.8, 4) is 5.75 Å². The molecule has 0 aliphatic heterocycles. The molecule has 0 fully saturated rings. The Labute approximate surface area is 751 Å². The molecule has 12 unspecified atom stereocenters. The van der Waals surface area contributed by atoms with E-state index in [4.69, 9.17) is 17.2 Å². The van der Waals surface area contributed by atoms with E-state index < -0.39 is 194 Å². The monoisotopic (exact) mass is 1780 g/mol. The van der Waals surface area contributed by atoms with Gasteiger partial charge < -0.3 is 112 Å². The number of phenols is 1. The van der Waals surface area contributed by atoms with E-state index in [0.717, 1.165) is 31.2 Å². The van der Waals surface area contributed by atoms with Gasteiger partial charge in [0.1, 0.15) is 66.2 Å². The lowest BCUT2D eigenvalue weighted by Gasteiger charge is -2.29. The number of aliphatic carboxylic acids is 1. The van der Waals surface area contributed by atoms with Crippen molar-refractivity contribution >= 4 is 93.7 Å². The van der Waals surface area contributed by atoms with Gasteiger partial charge in [-0.3, -0.25) is 67.1 Å². The second-order valence-electron chi connectivity index (χ2n) is 33.6. The quantitative estimate of drug-likeness (QED) is 0.0248. The van der Waals surface area contributed by atoms with Crippen LogP contribution < -0.4 is 86.3 Å². The number of rotatable bonds is 64. The van der Waals surface area contributed by atoms with E-state index in [1.54, 1.807) is 88.5 Å². The minimum Gasteiger partial charge on any atom is -0.508 e. The Morgan fingerprint density at radius 1 is 0.383 bits per heavy atom. The smallest absolute Gasteiger partial charge is 0.303 e. The van der Waals surface area contributed by atoms with Gasteiger partial charge in [0.2, 0.25) is 76.8 Å². The molecule has 5 aromatic rings. The van der Waals surface area contributed by atoms with Crippen LogP contribution in [0, 0.1) is 11.8 Å². The Morgan fingerprint density at radius 3 is 1.31 bits per heavy atom. The van der Waals surface area contributed by atoms with Crippen molar-refractivity contribution in [3.63, 3.8) is 0 Å². The molecule has 13 amide bonds. The molecule has 0 aliphatic carbocycles. The molecule has 12 atom stereocenters. The van der Waals surface area contributed by atoms with Crippen LogP contribution in [-0.2, 0) is 92.8 Å². The number of aromatic amines is 1. The van der Waals surface area contributed by atoms with Gasteiger partial charge in [-0.2, -0.15) is 0 Å². The number of aliphatic hydroxyl groups is 2. The number of aliphatic hydroxyl groups excluding tert-OH is 2. The van der Waals surface area contributed by atoms with Crippen LogP contribution in [0.25, 0.3) is 10.9 Å². The maximum Gasteiger partial charge on any atom is 0.303 e. The lowest BCUT2D eigenvalue weighted by molar-refractivity contribution is -0.139. The van der Waals surface area contributed by atoms with Gasteiger partial charge in [-0.1, -0.05) is 203 Å². The first-order chi connectivity index (χ1) is 61.4. The summed E-state index contributed by atoms with van der Waals surface area (Å²) >= 11 is 0. The maximum atomic E-state index is 15.1. The molecule has 128 heavy (non-hydrogen) atoms. The zero-order chi connectivity index (χ0) is 93.9. The van der Waals surface area contributed by atoms with Crippen LogP contribution in [0.4, 0.5) is 0 Å². The summed E-state index contributed by atoms with van der Waals surface area (Å²) in [4.78, 5) is 200. The van der Waals surface area contributed by atoms with Gasteiger partial charge in [0.25, 0.3) is 0 Å². The zero-order valence-electron chi connectivity index (χ0n) is 75.1. The number of carboxylic acid groups (broad SMARTS) is 1. The molecule has 0 saturated heterocycles. The number of unbranched alkanes of at least 4 members (excludes halogenated alkanes) is 14. The number of fused-ring (bicyclic) bond motifs is 1. The molecule has 24 N–H and O–H groups in total. The van der Waals surface area contributed by atoms with Crippen LogP contribution in [-0.4, -0.2) is 220 Å². The number of hydrogen-bond donors (Lipinski definition) is 21. The fourth-order valence-corrected chi connectivity index (χ4v) is 14.6. The number of hydrogen-bond acceptors (Lipinski definition) is 20. The highest BCUT2D eigenvalue weighted by Crippen LogP contribution is 2.22. The van der Waals surface area contributed by atoms with E-state index in [1.165, 1.54) is 82.6 Å². The minimum absolute atomic E-state index is 0.0588. The summed E-state index contributed by atoms with van der Waals surface area (Å²) < 4.78 is 0. The largest absolute Gasteiger partial charge is 0.508 e. The van der Waals surface area contributed by atoms with Crippen LogP contribution in [0.1, 0.15) is 211 Å². The molecule has 1 heterocycles. The van der Waals surface area contributed by atoms with Crippen molar-refractivity contribution in [2.24, 2.45) is 29.0 Å². The molecule has 35 heteroatoms. The molecule has 0 spiro atoms. The number of para-hydroxylation sites is 1. The molecule has 35 nitrogen and oxygen atoms in total. The van der Waals surface area contributed by atoms with Gasteiger partial charge in [-0.05, 0) is 137 Å². The van der Waals surface area contributed by atoms with E-state index >= 15 is 9.59 Å². The second kappa shape index (κ2) is 59.6. The van der Waals surface area contributed by atoms with Crippen LogP contribution in [0.5, 0.6) is 5.75 Å². The Bertz CT molecular complexity index is 4270. The van der Waals surface area contributed by atoms with Crippen molar-refractivity contribution < 1.29 is 87.5 Å². The fraction of sp³-hybridized carbons (Fsp3) is 0.570. The second-order valence-corrected chi connectivity index (χ2v) is 33.6. The molecule has 1 aromatic heterocycles. The number of carboxylic acids is 1. The number of aromatic hydroxyl groups is 1. The third-order valence-electron chi connectivity index (χ3n) is 21.9. The van der Waals surface area contributed by atoms with E-state index in [2.05, 4.69) is 81.0 Å². The molecule has 0 bridgehead atoms. The topological polar surface area (TPSA) is 570 Å². The number of aromatic nitrogens is 1. The number of H-pyrrole nitrogens is 1. The Hall–Kier alpha value is -11.4. The highest BCUT2D eigenvalue weighted by atomic mass is 16.4. The van der Waals surface area contributed by atoms with E-state index in [1.807, 2.05) is 30.3 Å². The summed E-state index contributed by atoms with van der Waals surface area (Å²) in [5.41, 5.74) is 21.0. The Balaban J connectivity index is 1.33. The lowest BCUT2D eigenvalue weighted by atomic mass is 9.99. The average molecular weight is 1790 g/mol. The molecule has 0 aliphatic rings. The first kappa shape index (κ1) is 107. The highest BCUT2D eigenvalue weighted by Gasteiger charge is 2.38. The van der Waals surface area contributed by atoms with Crippen LogP contribution in [0.3, 0.4) is 0 Å². The SMILES string of the molecule is CCCCCCCCCCCCCCCC(=O)NCC(=O)NC(CO)C(=O)NC(CCC(=O)O)C(=O)NC(CCCCN)C(=O)NC(CCCCN)C(=O)NC(Cc1ccc(O)cc1)C(=O)NC(CC(C)C)C(=O)NC(Cc1c[nH]c2ccccc12)C(=O)NCC(=O)NC(Cc1ccccc1)C(=O)NC(C(=O)NC(C(=O)NC(CN)Cc1ccccc1)C(C)C)C(C)O. The van der Waals surface area contributed by atoms with Gasteiger partial charge in [-0.15, -0.1) is 0 Å². The minimum atomic E-state index is -1.69. The number of benzene rings is 4. The lowest BCUT2D eigenvalue weighted by Crippen LogP contribution is -2.61. The molecular weight excluding hydrogens is 1640 g/mol. The first-order valence-electron chi connectivity index (χ1n) is 45.3. The van der Waals surface area contributed by atoms with Crippen molar-refractivity contribution in [1.29, 1.82) is 0 Å². The number of nitrogens with two attached hydrogens (primary N) is 3. The molecule has 0 saturated carbocycles. The van der Waals surface area contributed by atoms with E-state index in [0.29, 0.717) is 53.3 Å². The van der Waals surface area contributed by atoms with E-state index in [-0.39, 0.29) is 89.1 Å². The third-order valence-corrected chi connectivity index (χ3v) is 21.9. The zero-order valence-corrected chi connectivity index (χ0v) is 75.1. The summed E-state index contributed by atoms with van der Waals surface area (Å²) in [7, 11) is 0. The van der Waals surface area contributed by atoms with Crippen molar-refractivity contribution in [1.82, 2.24) is 74.1 Å². The fourth-order valence-electron chi connectivity index (χ4n) is 14.6. The first-order valence-corrected chi connectivity index (χ1v) is 45.3. The number of carbonyl (C=O) groups excluding carboxylic acids is 13. The summed E-state index contributed by atoms with van der Waals surface area (Å²) in [6.45, 7) is 8.52. The maximum absolute atomic E-state index is 15.1. The van der Waals surface area contributed by atoms with Gasteiger partial charge in [-0.25, -0.2) is 0 Å². The Morgan fingerprint density at radius 2 is 0.805 bits per heavy atom. The summed E-state index contributed by atoms with van der Waals surface area (Å²) in [5.74, 6) is -13.5. The van der Waals surface area contributed by atoms with Crippen molar-refractivity contribution in [3.05, 3.63) is 138 Å². The highest BCUT2D eigenvalue weighted by molar-refractivity contribution is 6.00. The molecule has 706 valence electrons. The Kier molecular flexibility index (Phi) is 49.9. The van der Waals surface area contributed by atoms with Crippen LogP contribution in [0.2, 0.25) is 0 Å².